The third-order valence-electron chi connectivity index (χ3n) is 4.13. The number of nitrogens with zero attached hydrogens (tertiary/aromatic N) is 1. The predicted molar refractivity (Wildman–Crippen MR) is 82.3 cm³/mol. The number of carbonyl (C=O) groups excluding carboxylic acids is 1. The van der Waals surface area contributed by atoms with Crippen molar-refractivity contribution in [2.75, 3.05) is 0 Å². The van der Waals surface area contributed by atoms with Gasteiger partial charge in [0.25, 0.3) is 0 Å². The van der Waals surface area contributed by atoms with Crippen LogP contribution in [0.3, 0.4) is 0 Å². The lowest BCUT2D eigenvalue weighted by molar-refractivity contribution is -0.122. The molecule has 1 amide bonds. The highest BCUT2D eigenvalue weighted by Gasteiger charge is 2.37. The normalized spacial score (nSPS) is 18.2. The monoisotopic (exact) mass is 289 g/mol. The Morgan fingerprint density at radius 1 is 1.38 bits per heavy atom. The van der Waals surface area contributed by atoms with Gasteiger partial charge in [-0.3, -0.25) is 4.79 Å². The minimum Gasteiger partial charge on any atom is -0.409 e. The first-order chi connectivity index (χ1) is 10.1. The third kappa shape index (κ3) is 3.74. The van der Waals surface area contributed by atoms with Crippen LogP contribution in [0, 0.1) is 6.92 Å². The van der Waals surface area contributed by atoms with Crippen molar-refractivity contribution in [3.8, 4) is 0 Å². The number of nitrogens with two attached hydrogens (primary N) is 1. The number of benzene rings is 1. The molecule has 1 aliphatic rings. The van der Waals surface area contributed by atoms with Gasteiger partial charge in [-0.05, 0) is 25.3 Å². The van der Waals surface area contributed by atoms with E-state index < -0.39 is 5.54 Å². The van der Waals surface area contributed by atoms with Crippen molar-refractivity contribution < 1.29 is 10.0 Å². The number of amidine groups is 1. The van der Waals surface area contributed by atoms with Crippen molar-refractivity contribution in [1.29, 1.82) is 0 Å². The molecular formula is C16H23N3O2. The van der Waals surface area contributed by atoms with Crippen molar-refractivity contribution >= 4 is 11.7 Å². The smallest absolute Gasteiger partial charge is 0.225 e. The molecule has 0 atom stereocenters. The van der Waals surface area contributed by atoms with E-state index in [4.69, 9.17) is 10.9 Å². The molecule has 0 spiro atoms. The molecule has 4 N–H and O–H groups in total. The number of nitrogens with one attached hydrogen (secondary N) is 1. The van der Waals surface area contributed by atoms with Crippen molar-refractivity contribution in [2.24, 2.45) is 10.9 Å². The van der Waals surface area contributed by atoms with Crippen LogP contribution in [-0.4, -0.2) is 22.5 Å². The maximum absolute atomic E-state index is 12.3. The molecule has 1 aromatic carbocycles. The molecule has 21 heavy (non-hydrogen) atoms. The zero-order valence-electron chi connectivity index (χ0n) is 12.4. The fourth-order valence-electron chi connectivity index (χ4n) is 3.01. The van der Waals surface area contributed by atoms with E-state index in [0.717, 1.165) is 43.2 Å². The van der Waals surface area contributed by atoms with Gasteiger partial charge in [-0.2, -0.15) is 0 Å². The Morgan fingerprint density at radius 3 is 2.71 bits per heavy atom. The molecule has 5 nitrogen and oxygen atoms in total. The highest BCUT2D eigenvalue weighted by atomic mass is 16.4. The number of amides is 1. The van der Waals surface area contributed by atoms with Gasteiger partial charge in [-0.15, -0.1) is 0 Å². The van der Waals surface area contributed by atoms with E-state index in [0.29, 0.717) is 6.42 Å². The number of oxime groups is 1. The number of hydrogen-bond donors (Lipinski definition) is 3. The van der Waals surface area contributed by atoms with Gasteiger partial charge in [-0.25, -0.2) is 0 Å². The average molecular weight is 289 g/mol. The largest absolute Gasteiger partial charge is 0.409 e. The molecule has 0 saturated heterocycles. The molecule has 1 saturated carbocycles. The van der Waals surface area contributed by atoms with Gasteiger partial charge < -0.3 is 16.3 Å². The first-order valence-corrected chi connectivity index (χ1v) is 7.40. The van der Waals surface area contributed by atoms with Crippen LogP contribution in [0.4, 0.5) is 0 Å². The quantitative estimate of drug-likeness (QED) is 0.343. The first kappa shape index (κ1) is 15.4. The summed E-state index contributed by atoms with van der Waals surface area (Å²) < 4.78 is 0. The van der Waals surface area contributed by atoms with E-state index in [9.17, 15) is 4.79 Å². The lowest BCUT2D eigenvalue weighted by Crippen LogP contribution is -2.58. The number of aryl methyl sites for hydroxylation is 1. The van der Waals surface area contributed by atoms with Crippen LogP contribution in [0.5, 0.6) is 0 Å². The summed E-state index contributed by atoms with van der Waals surface area (Å²) >= 11 is 0. The molecule has 5 heteroatoms. The number of carbonyl (C=O) groups is 1. The molecule has 0 heterocycles. The Morgan fingerprint density at radius 2 is 2.10 bits per heavy atom. The summed E-state index contributed by atoms with van der Waals surface area (Å²) in [6, 6.07) is 7.87. The second-order valence-corrected chi connectivity index (χ2v) is 5.84. The molecule has 0 aromatic heterocycles. The second kappa shape index (κ2) is 6.61. The molecule has 114 valence electrons. The van der Waals surface area contributed by atoms with Crippen LogP contribution in [0.1, 0.15) is 43.2 Å². The van der Waals surface area contributed by atoms with Gasteiger partial charge >= 0.3 is 0 Å². The van der Waals surface area contributed by atoms with E-state index in [1.807, 2.05) is 31.2 Å². The zero-order chi connectivity index (χ0) is 15.3. The topological polar surface area (TPSA) is 87.7 Å². The van der Waals surface area contributed by atoms with Gasteiger partial charge in [-0.1, -0.05) is 54.2 Å². The summed E-state index contributed by atoms with van der Waals surface area (Å²) in [7, 11) is 0. The molecule has 0 bridgehead atoms. The van der Waals surface area contributed by atoms with Gasteiger partial charge in [0.15, 0.2) is 5.84 Å². The number of hydrogen-bond acceptors (Lipinski definition) is 3. The Hall–Kier alpha value is -2.04. The molecular weight excluding hydrogens is 266 g/mol. The van der Waals surface area contributed by atoms with Gasteiger partial charge in [0, 0.05) is 0 Å². The fraction of sp³-hybridized carbons (Fsp3) is 0.500. The molecule has 0 unspecified atom stereocenters. The minimum atomic E-state index is -0.687. The summed E-state index contributed by atoms with van der Waals surface area (Å²) in [5.74, 6) is 0.0221. The maximum atomic E-state index is 12.3. The van der Waals surface area contributed by atoms with E-state index in [1.54, 1.807) is 0 Å². The van der Waals surface area contributed by atoms with E-state index in [1.165, 1.54) is 0 Å². The molecule has 0 radical (unpaired) electrons. The summed E-state index contributed by atoms with van der Waals surface area (Å²) in [6.45, 7) is 2.00. The molecule has 0 aliphatic heterocycles. The maximum Gasteiger partial charge on any atom is 0.225 e. The molecule has 2 rings (SSSR count). The highest BCUT2D eigenvalue weighted by Crippen LogP contribution is 2.28. The van der Waals surface area contributed by atoms with Crippen molar-refractivity contribution in [2.45, 2.75) is 51.0 Å². The highest BCUT2D eigenvalue weighted by molar-refractivity contribution is 5.94. The van der Waals surface area contributed by atoms with Crippen molar-refractivity contribution in [1.82, 2.24) is 5.32 Å². The Bertz CT molecular complexity index is 534. The summed E-state index contributed by atoms with van der Waals surface area (Å²) in [6.07, 6.45) is 4.82. The summed E-state index contributed by atoms with van der Waals surface area (Å²) in [5.41, 5.74) is 7.25. The van der Waals surface area contributed by atoms with Crippen LogP contribution in [0.2, 0.25) is 0 Å². The second-order valence-electron chi connectivity index (χ2n) is 5.84. The number of rotatable bonds is 4. The zero-order valence-corrected chi connectivity index (χ0v) is 12.4. The predicted octanol–water partition coefficient (Wildman–Crippen LogP) is 2.10. The Balaban J connectivity index is 2.08. The van der Waals surface area contributed by atoms with Crippen LogP contribution in [0.25, 0.3) is 0 Å². The lowest BCUT2D eigenvalue weighted by Gasteiger charge is -2.36. The van der Waals surface area contributed by atoms with Crippen molar-refractivity contribution in [3.05, 3.63) is 35.4 Å². The average Bonchev–Trinajstić information content (AvgIpc) is 2.47. The van der Waals surface area contributed by atoms with Crippen molar-refractivity contribution in [3.63, 3.8) is 0 Å². The molecule has 1 fully saturated rings. The lowest BCUT2D eigenvalue weighted by atomic mass is 9.80. The SMILES string of the molecule is Cc1cccc(CC(=O)NC2(C(N)=NO)CCCCC2)c1. The fourth-order valence-corrected chi connectivity index (χ4v) is 3.01. The van der Waals surface area contributed by atoms with Gasteiger partial charge in [0.2, 0.25) is 5.91 Å². The van der Waals surface area contributed by atoms with Gasteiger partial charge in [0.05, 0.1) is 6.42 Å². The Kier molecular flexibility index (Phi) is 4.83. The summed E-state index contributed by atoms with van der Waals surface area (Å²) in [4.78, 5) is 12.3. The van der Waals surface area contributed by atoms with Crippen LogP contribution in [-0.2, 0) is 11.2 Å². The van der Waals surface area contributed by atoms with E-state index in [2.05, 4.69) is 10.5 Å². The molecule has 1 aliphatic carbocycles. The molecule has 1 aromatic rings. The van der Waals surface area contributed by atoms with E-state index in [-0.39, 0.29) is 11.7 Å². The van der Waals surface area contributed by atoms with Crippen LogP contribution >= 0.6 is 0 Å². The first-order valence-electron chi connectivity index (χ1n) is 7.40. The summed E-state index contributed by atoms with van der Waals surface area (Å²) in [5, 5.41) is 15.1. The van der Waals surface area contributed by atoms with Crippen LogP contribution < -0.4 is 11.1 Å². The Labute approximate surface area is 125 Å². The standard InChI is InChI=1S/C16H23N3O2/c1-12-6-5-7-13(10-12)11-14(20)18-16(15(17)19-21)8-3-2-4-9-16/h5-7,10,21H,2-4,8-9,11H2,1H3,(H2,17,19)(H,18,20). The van der Waals surface area contributed by atoms with Crippen LogP contribution in [0.15, 0.2) is 29.4 Å². The third-order valence-corrected chi connectivity index (χ3v) is 4.13. The van der Waals surface area contributed by atoms with Gasteiger partial charge in [0.1, 0.15) is 5.54 Å². The minimum absolute atomic E-state index is 0.0888. The van der Waals surface area contributed by atoms with E-state index >= 15 is 0 Å².